The number of benzene rings is 2. The first-order valence-corrected chi connectivity index (χ1v) is 8.75. The van der Waals surface area contributed by atoms with E-state index in [0.29, 0.717) is 12.1 Å². The highest BCUT2D eigenvalue weighted by Gasteiger charge is 2.15. The molecule has 28 heavy (non-hydrogen) atoms. The minimum atomic E-state index is -0.819. The normalized spacial score (nSPS) is 10.7. The van der Waals surface area contributed by atoms with Crippen LogP contribution in [0.3, 0.4) is 0 Å². The standard InChI is InChI=1S/C22H23N3O3/c1-24(2)20-11-9-17(10-12-20)13-19(14-23)22(27)28-16-21(26)25(3)15-18-7-5-4-6-8-18/h4-13H,15-16H2,1-3H3/b19-13-. The monoisotopic (exact) mass is 377 g/mol. The van der Waals surface area contributed by atoms with Gasteiger partial charge in [0.15, 0.2) is 6.61 Å². The lowest BCUT2D eigenvalue weighted by molar-refractivity contribution is -0.148. The van der Waals surface area contributed by atoms with E-state index in [1.165, 1.54) is 11.0 Å². The smallest absolute Gasteiger partial charge is 0.349 e. The molecule has 0 atom stereocenters. The Morgan fingerprint density at radius 3 is 2.25 bits per heavy atom. The third-order valence-electron chi connectivity index (χ3n) is 4.08. The zero-order chi connectivity index (χ0) is 20.5. The third kappa shape index (κ3) is 5.99. The van der Waals surface area contributed by atoms with E-state index < -0.39 is 12.6 Å². The molecule has 0 saturated carbocycles. The van der Waals surface area contributed by atoms with Gasteiger partial charge in [-0.2, -0.15) is 5.26 Å². The van der Waals surface area contributed by atoms with Gasteiger partial charge in [0.05, 0.1) is 0 Å². The van der Waals surface area contributed by atoms with Crippen molar-refractivity contribution >= 4 is 23.6 Å². The van der Waals surface area contributed by atoms with Crippen LogP contribution in [0.4, 0.5) is 5.69 Å². The predicted octanol–water partition coefficient (Wildman–Crippen LogP) is 2.86. The molecule has 0 aromatic heterocycles. The van der Waals surface area contributed by atoms with Crippen LogP contribution in [0.2, 0.25) is 0 Å². The highest BCUT2D eigenvalue weighted by molar-refractivity contribution is 5.98. The molecule has 0 aliphatic heterocycles. The SMILES string of the molecule is CN(Cc1ccccc1)C(=O)COC(=O)/C(C#N)=C\c1ccc(N(C)C)cc1. The number of likely N-dealkylation sites (N-methyl/N-ethyl adjacent to an activating group) is 1. The van der Waals surface area contributed by atoms with Gasteiger partial charge in [0.2, 0.25) is 0 Å². The molecule has 1 amide bonds. The van der Waals surface area contributed by atoms with Gasteiger partial charge in [-0.25, -0.2) is 4.79 Å². The highest BCUT2D eigenvalue weighted by Crippen LogP contribution is 2.15. The van der Waals surface area contributed by atoms with Crippen molar-refractivity contribution in [3.63, 3.8) is 0 Å². The Bertz CT molecular complexity index is 881. The minimum absolute atomic E-state index is 0.156. The molecule has 0 spiro atoms. The van der Waals surface area contributed by atoms with Crippen LogP contribution in [0.15, 0.2) is 60.2 Å². The second kappa shape index (κ2) is 9.93. The molecule has 0 heterocycles. The fourth-order valence-electron chi connectivity index (χ4n) is 2.43. The van der Waals surface area contributed by atoms with Gasteiger partial charge in [0.1, 0.15) is 11.6 Å². The van der Waals surface area contributed by atoms with Crippen LogP contribution in [-0.2, 0) is 20.9 Å². The topological polar surface area (TPSA) is 73.6 Å². The quantitative estimate of drug-likeness (QED) is 0.421. The molecule has 0 saturated heterocycles. The molecule has 0 bridgehead atoms. The summed E-state index contributed by atoms with van der Waals surface area (Å²) in [5.74, 6) is -1.16. The average Bonchev–Trinajstić information content (AvgIpc) is 2.70. The number of nitrogens with zero attached hydrogens (tertiary/aromatic N) is 3. The molecular weight excluding hydrogens is 354 g/mol. The van der Waals surface area contributed by atoms with E-state index in [2.05, 4.69) is 0 Å². The fraction of sp³-hybridized carbons (Fsp3) is 0.227. The predicted molar refractivity (Wildman–Crippen MR) is 108 cm³/mol. The first-order valence-electron chi connectivity index (χ1n) is 8.75. The van der Waals surface area contributed by atoms with Crippen LogP contribution in [0.1, 0.15) is 11.1 Å². The van der Waals surface area contributed by atoms with Crippen LogP contribution in [-0.4, -0.2) is 44.5 Å². The van der Waals surface area contributed by atoms with Gasteiger partial charge < -0.3 is 14.5 Å². The number of hydrogen-bond acceptors (Lipinski definition) is 5. The van der Waals surface area contributed by atoms with Crippen molar-refractivity contribution in [1.82, 2.24) is 4.90 Å². The summed E-state index contributed by atoms with van der Waals surface area (Å²) in [6, 6.07) is 18.7. The van der Waals surface area contributed by atoms with Crippen LogP contribution in [0, 0.1) is 11.3 Å². The third-order valence-corrected chi connectivity index (χ3v) is 4.08. The molecule has 2 aromatic rings. The first kappa shape index (κ1) is 20.7. The highest BCUT2D eigenvalue weighted by atomic mass is 16.5. The number of ether oxygens (including phenoxy) is 1. The Morgan fingerprint density at radius 1 is 1.04 bits per heavy atom. The Morgan fingerprint density at radius 2 is 1.68 bits per heavy atom. The van der Waals surface area contributed by atoms with E-state index in [1.54, 1.807) is 19.2 Å². The van der Waals surface area contributed by atoms with Gasteiger partial charge in [0, 0.05) is 33.4 Å². The number of esters is 1. The Hall–Kier alpha value is -3.59. The lowest BCUT2D eigenvalue weighted by atomic mass is 10.1. The van der Waals surface area contributed by atoms with Gasteiger partial charge in [-0.1, -0.05) is 42.5 Å². The number of carbonyl (C=O) groups excluding carboxylic acids is 2. The molecule has 0 radical (unpaired) electrons. The number of amides is 1. The van der Waals surface area contributed by atoms with Crippen LogP contribution < -0.4 is 4.90 Å². The summed E-state index contributed by atoms with van der Waals surface area (Å²) >= 11 is 0. The summed E-state index contributed by atoms with van der Waals surface area (Å²) in [7, 11) is 5.49. The minimum Gasteiger partial charge on any atom is -0.451 e. The van der Waals surface area contributed by atoms with Crippen molar-refractivity contribution in [1.29, 1.82) is 5.26 Å². The molecule has 0 unspecified atom stereocenters. The Balaban J connectivity index is 1.94. The molecule has 6 nitrogen and oxygen atoms in total. The molecule has 0 N–H and O–H groups in total. The first-order chi connectivity index (χ1) is 13.4. The molecule has 144 valence electrons. The van der Waals surface area contributed by atoms with E-state index in [9.17, 15) is 14.9 Å². The number of hydrogen-bond donors (Lipinski definition) is 0. The summed E-state index contributed by atoms with van der Waals surface area (Å²) in [5.41, 5.74) is 2.52. The Labute approximate surface area is 165 Å². The van der Waals surface area contributed by atoms with Gasteiger partial charge in [-0.05, 0) is 29.3 Å². The molecular formula is C22H23N3O3. The summed E-state index contributed by atoms with van der Waals surface area (Å²) in [5, 5.41) is 9.25. The largest absolute Gasteiger partial charge is 0.451 e. The van der Waals surface area contributed by atoms with Crippen molar-refractivity contribution < 1.29 is 14.3 Å². The summed E-state index contributed by atoms with van der Waals surface area (Å²) in [6.07, 6.45) is 1.44. The lowest BCUT2D eigenvalue weighted by Gasteiger charge is -2.17. The average molecular weight is 377 g/mol. The van der Waals surface area contributed by atoms with Crippen LogP contribution in [0.25, 0.3) is 6.08 Å². The summed E-state index contributed by atoms with van der Waals surface area (Å²) in [4.78, 5) is 27.7. The summed E-state index contributed by atoms with van der Waals surface area (Å²) in [6.45, 7) is -0.00283. The second-order valence-corrected chi connectivity index (χ2v) is 6.47. The number of carbonyl (C=O) groups is 2. The van der Waals surface area contributed by atoms with Crippen molar-refractivity contribution in [3.8, 4) is 6.07 Å². The molecule has 0 aliphatic carbocycles. The maximum Gasteiger partial charge on any atom is 0.349 e. The van der Waals surface area contributed by atoms with Crippen LogP contribution in [0.5, 0.6) is 0 Å². The maximum absolute atomic E-state index is 12.2. The van der Waals surface area contributed by atoms with Gasteiger partial charge >= 0.3 is 5.97 Å². The van der Waals surface area contributed by atoms with Crippen molar-refractivity contribution in [2.45, 2.75) is 6.54 Å². The van der Waals surface area contributed by atoms with E-state index in [0.717, 1.165) is 11.3 Å². The van der Waals surface area contributed by atoms with Gasteiger partial charge in [0.25, 0.3) is 5.91 Å². The van der Waals surface area contributed by atoms with Crippen LogP contribution >= 0.6 is 0 Å². The van der Waals surface area contributed by atoms with Crippen molar-refractivity contribution in [2.24, 2.45) is 0 Å². The number of nitriles is 1. The van der Waals surface area contributed by atoms with E-state index >= 15 is 0 Å². The van der Waals surface area contributed by atoms with Crippen molar-refractivity contribution in [2.75, 3.05) is 32.6 Å². The zero-order valence-electron chi connectivity index (χ0n) is 16.3. The molecule has 2 rings (SSSR count). The summed E-state index contributed by atoms with van der Waals surface area (Å²) < 4.78 is 5.02. The van der Waals surface area contributed by atoms with E-state index in [4.69, 9.17) is 4.74 Å². The molecule has 6 heteroatoms. The lowest BCUT2D eigenvalue weighted by Crippen LogP contribution is -2.31. The van der Waals surface area contributed by atoms with Gasteiger partial charge in [-0.3, -0.25) is 4.79 Å². The maximum atomic E-state index is 12.2. The molecule has 2 aromatic carbocycles. The van der Waals surface area contributed by atoms with E-state index in [-0.39, 0.29) is 11.5 Å². The molecule has 0 fully saturated rings. The number of anilines is 1. The van der Waals surface area contributed by atoms with E-state index in [1.807, 2.05) is 67.5 Å². The Kier molecular flexibility index (Phi) is 7.35. The second-order valence-electron chi connectivity index (χ2n) is 6.47. The fourth-order valence-corrected chi connectivity index (χ4v) is 2.43. The number of rotatable bonds is 7. The zero-order valence-corrected chi connectivity index (χ0v) is 16.3. The van der Waals surface area contributed by atoms with Gasteiger partial charge in [-0.15, -0.1) is 0 Å². The molecule has 0 aliphatic rings. The van der Waals surface area contributed by atoms with Crippen molar-refractivity contribution in [3.05, 3.63) is 71.3 Å².